The molecule has 4 nitrogen and oxygen atoms in total. The Morgan fingerprint density at radius 2 is 2.31 bits per heavy atom. The Labute approximate surface area is 95.4 Å². The van der Waals surface area contributed by atoms with E-state index in [-0.39, 0.29) is 6.04 Å². The van der Waals surface area contributed by atoms with Gasteiger partial charge < -0.3 is 15.6 Å². The Morgan fingerprint density at radius 3 is 2.94 bits per heavy atom. The fraction of sp³-hybridized carbons (Fsp3) is 0.583. The first-order valence-electron chi connectivity index (χ1n) is 5.70. The molecule has 0 amide bonds. The van der Waals surface area contributed by atoms with Gasteiger partial charge in [0.05, 0.1) is 18.4 Å². The SMILES string of the molecule is CCCOc1cncc(C2(O)CC(N)C2)c1. The maximum atomic E-state index is 10.2. The topological polar surface area (TPSA) is 68.4 Å². The van der Waals surface area contributed by atoms with Gasteiger partial charge in [0, 0.05) is 17.8 Å². The second-order valence-electron chi connectivity index (χ2n) is 4.46. The van der Waals surface area contributed by atoms with Crippen molar-refractivity contribution in [2.24, 2.45) is 5.73 Å². The molecule has 1 heterocycles. The zero-order valence-electron chi connectivity index (χ0n) is 9.52. The summed E-state index contributed by atoms with van der Waals surface area (Å²) in [5.41, 5.74) is 5.71. The molecule has 0 unspecified atom stereocenters. The number of pyridine rings is 1. The molecule has 1 aliphatic rings. The summed E-state index contributed by atoms with van der Waals surface area (Å²) >= 11 is 0. The number of nitrogens with zero attached hydrogens (tertiary/aromatic N) is 1. The quantitative estimate of drug-likeness (QED) is 0.802. The van der Waals surface area contributed by atoms with Crippen LogP contribution in [0.15, 0.2) is 18.5 Å². The average Bonchev–Trinajstić information content (AvgIpc) is 2.25. The molecule has 0 spiro atoms. The molecule has 1 aromatic rings. The lowest BCUT2D eigenvalue weighted by Crippen LogP contribution is -2.49. The van der Waals surface area contributed by atoms with Crippen molar-refractivity contribution in [3.63, 3.8) is 0 Å². The molecule has 1 saturated carbocycles. The van der Waals surface area contributed by atoms with Gasteiger partial charge in [-0.2, -0.15) is 0 Å². The van der Waals surface area contributed by atoms with E-state index in [2.05, 4.69) is 11.9 Å². The number of hydrogen-bond donors (Lipinski definition) is 2. The van der Waals surface area contributed by atoms with Gasteiger partial charge in [0.2, 0.25) is 0 Å². The van der Waals surface area contributed by atoms with Crippen LogP contribution in [0.5, 0.6) is 5.75 Å². The molecule has 0 radical (unpaired) electrons. The molecule has 4 heteroatoms. The zero-order chi connectivity index (χ0) is 11.6. The third-order valence-corrected chi connectivity index (χ3v) is 2.92. The van der Waals surface area contributed by atoms with Crippen molar-refractivity contribution in [1.29, 1.82) is 0 Å². The maximum absolute atomic E-state index is 10.2. The highest BCUT2D eigenvalue weighted by Gasteiger charge is 2.42. The molecule has 16 heavy (non-hydrogen) atoms. The summed E-state index contributed by atoms with van der Waals surface area (Å²) < 4.78 is 5.48. The summed E-state index contributed by atoms with van der Waals surface area (Å²) in [5.74, 6) is 0.716. The van der Waals surface area contributed by atoms with E-state index in [1.165, 1.54) is 0 Å². The molecule has 0 aliphatic heterocycles. The second-order valence-corrected chi connectivity index (χ2v) is 4.46. The largest absolute Gasteiger partial charge is 0.492 e. The fourth-order valence-corrected chi connectivity index (χ4v) is 2.02. The summed E-state index contributed by atoms with van der Waals surface area (Å²) in [4.78, 5) is 4.08. The molecule has 1 aliphatic carbocycles. The third kappa shape index (κ3) is 2.18. The van der Waals surface area contributed by atoms with Gasteiger partial charge in [0.25, 0.3) is 0 Å². The molecule has 3 N–H and O–H groups in total. The Morgan fingerprint density at radius 1 is 1.56 bits per heavy atom. The van der Waals surface area contributed by atoms with Crippen molar-refractivity contribution in [1.82, 2.24) is 4.98 Å². The number of rotatable bonds is 4. The van der Waals surface area contributed by atoms with E-state index in [0.717, 1.165) is 12.0 Å². The number of aliphatic hydroxyl groups is 1. The fourth-order valence-electron chi connectivity index (χ4n) is 2.02. The summed E-state index contributed by atoms with van der Waals surface area (Å²) in [5, 5.41) is 10.2. The van der Waals surface area contributed by atoms with E-state index in [1.807, 2.05) is 6.07 Å². The average molecular weight is 222 g/mol. The third-order valence-electron chi connectivity index (χ3n) is 2.92. The highest BCUT2D eigenvalue weighted by molar-refractivity contribution is 5.30. The zero-order valence-corrected chi connectivity index (χ0v) is 9.52. The van der Waals surface area contributed by atoms with E-state index in [4.69, 9.17) is 10.5 Å². The van der Waals surface area contributed by atoms with E-state index in [1.54, 1.807) is 12.4 Å². The van der Waals surface area contributed by atoms with E-state index >= 15 is 0 Å². The van der Waals surface area contributed by atoms with Gasteiger partial charge in [-0.1, -0.05) is 6.92 Å². The highest BCUT2D eigenvalue weighted by atomic mass is 16.5. The monoisotopic (exact) mass is 222 g/mol. The molecular weight excluding hydrogens is 204 g/mol. The van der Waals surface area contributed by atoms with Crippen molar-refractivity contribution in [3.05, 3.63) is 24.0 Å². The van der Waals surface area contributed by atoms with Gasteiger partial charge in [0.1, 0.15) is 5.75 Å². The van der Waals surface area contributed by atoms with Crippen LogP contribution in [-0.4, -0.2) is 22.7 Å². The predicted octanol–water partition coefficient (Wildman–Crippen LogP) is 1.18. The summed E-state index contributed by atoms with van der Waals surface area (Å²) in [7, 11) is 0. The second kappa shape index (κ2) is 4.39. The van der Waals surface area contributed by atoms with Gasteiger partial charge in [0.15, 0.2) is 0 Å². The van der Waals surface area contributed by atoms with E-state index in [0.29, 0.717) is 25.2 Å². The van der Waals surface area contributed by atoms with Gasteiger partial charge in [-0.15, -0.1) is 0 Å². The van der Waals surface area contributed by atoms with Crippen LogP contribution in [0.1, 0.15) is 31.7 Å². The minimum Gasteiger partial charge on any atom is -0.492 e. The van der Waals surface area contributed by atoms with Crippen LogP contribution in [-0.2, 0) is 5.60 Å². The Hall–Kier alpha value is -1.13. The van der Waals surface area contributed by atoms with E-state index in [9.17, 15) is 5.11 Å². The molecule has 0 atom stereocenters. The van der Waals surface area contributed by atoms with Crippen LogP contribution in [0.25, 0.3) is 0 Å². The first-order chi connectivity index (χ1) is 7.64. The van der Waals surface area contributed by atoms with Crippen LogP contribution in [0.4, 0.5) is 0 Å². The maximum Gasteiger partial charge on any atom is 0.137 e. The van der Waals surface area contributed by atoms with Crippen LogP contribution < -0.4 is 10.5 Å². The van der Waals surface area contributed by atoms with Gasteiger partial charge >= 0.3 is 0 Å². The normalized spacial score (nSPS) is 28.6. The Balaban J connectivity index is 2.10. The van der Waals surface area contributed by atoms with E-state index < -0.39 is 5.60 Å². The molecule has 0 bridgehead atoms. The smallest absolute Gasteiger partial charge is 0.137 e. The van der Waals surface area contributed by atoms with Crippen LogP contribution in [0.2, 0.25) is 0 Å². The first-order valence-corrected chi connectivity index (χ1v) is 5.70. The van der Waals surface area contributed by atoms with Crippen molar-refractivity contribution in [2.75, 3.05) is 6.61 Å². The molecule has 1 aromatic heterocycles. The predicted molar refractivity (Wildman–Crippen MR) is 61.1 cm³/mol. The molecule has 1 fully saturated rings. The lowest BCUT2D eigenvalue weighted by atomic mass is 9.72. The van der Waals surface area contributed by atoms with Crippen molar-refractivity contribution < 1.29 is 9.84 Å². The first kappa shape index (κ1) is 11.4. The Bertz CT molecular complexity index is 362. The molecule has 2 rings (SSSR count). The molecule has 88 valence electrons. The number of ether oxygens (including phenoxy) is 1. The summed E-state index contributed by atoms with van der Waals surface area (Å²) in [6.45, 7) is 2.72. The number of aromatic nitrogens is 1. The number of hydrogen-bond acceptors (Lipinski definition) is 4. The van der Waals surface area contributed by atoms with Crippen molar-refractivity contribution >= 4 is 0 Å². The standard InChI is InChI=1S/C12H18N2O2/c1-2-3-16-11-4-9(7-14-8-11)12(15)5-10(13)6-12/h4,7-8,10,15H,2-3,5-6,13H2,1H3. The van der Waals surface area contributed by atoms with Crippen LogP contribution in [0.3, 0.4) is 0 Å². The van der Waals surface area contributed by atoms with Crippen molar-refractivity contribution in [3.8, 4) is 5.75 Å². The highest BCUT2D eigenvalue weighted by Crippen LogP contribution is 2.40. The van der Waals surface area contributed by atoms with Crippen LogP contribution in [0, 0.1) is 0 Å². The number of nitrogens with two attached hydrogens (primary N) is 1. The molecular formula is C12H18N2O2. The summed E-state index contributed by atoms with van der Waals surface area (Å²) in [6.07, 6.45) is 5.52. The van der Waals surface area contributed by atoms with Gasteiger partial charge in [-0.25, -0.2) is 0 Å². The lowest BCUT2D eigenvalue weighted by molar-refractivity contribution is -0.0527. The minimum absolute atomic E-state index is 0.102. The van der Waals surface area contributed by atoms with Crippen LogP contribution >= 0.6 is 0 Å². The van der Waals surface area contributed by atoms with Gasteiger partial charge in [-0.3, -0.25) is 4.98 Å². The minimum atomic E-state index is -0.794. The molecule has 0 aromatic carbocycles. The van der Waals surface area contributed by atoms with Crippen molar-refractivity contribution in [2.45, 2.75) is 37.8 Å². The molecule has 0 saturated heterocycles. The summed E-state index contributed by atoms with van der Waals surface area (Å²) in [6, 6.07) is 1.96. The Kier molecular flexibility index (Phi) is 3.12. The van der Waals surface area contributed by atoms with Gasteiger partial charge in [-0.05, 0) is 25.3 Å². The lowest BCUT2D eigenvalue weighted by Gasteiger charge is -2.41.